The topological polar surface area (TPSA) is 187 Å². The van der Waals surface area contributed by atoms with Crippen molar-refractivity contribution in [3.63, 3.8) is 0 Å². The second kappa shape index (κ2) is 15.3. The van der Waals surface area contributed by atoms with Crippen LogP contribution in [-0.2, 0) is 27.4 Å². The van der Waals surface area contributed by atoms with Crippen LogP contribution >= 0.6 is 0 Å². The number of benzene rings is 3. The summed E-state index contributed by atoms with van der Waals surface area (Å²) in [5, 5.41) is 25.0. The molecule has 1 fully saturated rings. The van der Waals surface area contributed by atoms with E-state index in [0.29, 0.717) is 53.8 Å². The summed E-state index contributed by atoms with van der Waals surface area (Å²) in [5.41, 5.74) is 2.13. The third kappa shape index (κ3) is 7.88. The Hall–Kier alpha value is -5.99. The summed E-state index contributed by atoms with van der Waals surface area (Å²) in [4.78, 5) is 41.4. The molecule has 0 spiro atoms. The van der Waals surface area contributed by atoms with Gasteiger partial charge in [-0.3, -0.25) is 9.36 Å². The first-order chi connectivity index (χ1) is 26.4. The minimum Gasteiger partial charge on any atom is -0.353 e. The van der Waals surface area contributed by atoms with Crippen LogP contribution in [0.15, 0.2) is 76.6 Å². The van der Waals surface area contributed by atoms with Crippen LogP contribution in [0.1, 0.15) is 64.8 Å². The third-order valence-corrected chi connectivity index (χ3v) is 11.4. The van der Waals surface area contributed by atoms with Gasteiger partial charge in [0, 0.05) is 12.1 Å². The quantitative estimate of drug-likeness (QED) is 0.185. The second-order valence-electron chi connectivity index (χ2n) is 13.9. The molecule has 292 valence electrons. The molecule has 4 N–H and O–H groups in total. The van der Waals surface area contributed by atoms with Gasteiger partial charge >= 0.3 is 17.9 Å². The van der Waals surface area contributed by atoms with Crippen LogP contribution in [0.4, 0.5) is 18.0 Å². The van der Waals surface area contributed by atoms with Gasteiger partial charge in [-0.15, -0.1) is 0 Å². The monoisotopic (exact) mass is 788 g/mol. The number of nitrogens with one attached hydrogen (secondary N) is 2. The summed E-state index contributed by atoms with van der Waals surface area (Å²) in [6, 6.07) is 14.3. The fraction of sp³-hybridized carbons (Fsp3) is 0.308. The van der Waals surface area contributed by atoms with E-state index in [1.807, 2.05) is 13.0 Å². The van der Waals surface area contributed by atoms with Gasteiger partial charge in [0.05, 0.1) is 57.5 Å². The average molecular weight is 789 g/mol. The normalized spacial score (nSPS) is 16.0. The number of rotatable bonds is 8. The van der Waals surface area contributed by atoms with E-state index in [0.717, 1.165) is 32.4 Å². The number of carbonyl (C=O) groups excluding carboxylic acids is 2. The Morgan fingerprint density at radius 2 is 1.55 bits per heavy atom. The number of nitrogens with two attached hydrogens (primary N) is 1. The van der Waals surface area contributed by atoms with Crippen molar-refractivity contribution in [3.8, 4) is 28.8 Å². The lowest BCUT2D eigenvalue weighted by Gasteiger charge is -2.30. The molecule has 0 saturated heterocycles. The Balaban J connectivity index is 1.25. The van der Waals surface area contributed by atoms with Gasteiger partial charge in [-0.2, -0.15) is 23.5 Å². The van der Waals surface area contributed by atoms with E-state index in [1.165, 1.54) is 36.0 Å². The van der Waals surface area contributed by atoms with Gasteiger partial charge in [0.15, 0.2) is 0 Å². The van der Waals surface area contributed by atoms with Crippen LogP contribution in [0.3, 0.4) is 0 Å². The number of primary sulfonamides is 1. The van der Waals surface area contributed by atoms with Crippen molar-refractivity contribution in [2.75, 3.05) is 0 Å². The Morgan fingerprint density at radius 1 is 0.911 bits per heavy atom. The third-order valence-electron chi connectivity index (χ3n) is 10.4. The SMILES string of the molecule is Cc1c(CC(=O)NC2CCC(NC(=O)n3c(-c4ccnn4-c4ccc(C#N)cc4)c(C)n(-c4cccc(C(F)(F)F)c4)c3=O)CC2)cc(S(N)(=O)=O)c(C)c1C. The first-order valence-corrected chi connectivity index (χ1v) is 19.2. The van der Waals surface area contributed by atoms with Crippen LogP contribution in [-0.4, -0.2) is 51.4 Å². The van der Waals surface area contributed by atoms with Gasteiger partial charge in [-0.05, 0) is 130 Å². The fourth-order valence-electron chi connectivity index (χ4n) is 7.22. The molecule has 17 heteroatoms. The number of amides is 2. The van der Waals surface area contributed by atoms with Crippen molar-refractivity contribution in [3.05, 3.63) is 116 Å². The molecule has 0 radical (unpaired) electrons. The van der Waals surface area contributed by atoms with Crippen molar-refractivity contribution in [1.82, 2.24) is 29.5 Å². The molecule has 2 heterocycles. The molecule has 5 aromatic rings. The number of hydrogen-bond donors (Lipinski definition) is 3. The van der Waals surface area contributed by atoms with Crippen molar-refractivity contribution in [1.29, 1.82) is 5.26 Å². The maximum Gasteiger partial charge on any atom is 0.416 e. The summed E-state index contributed by atoms with van der Waals surface area (Å²) in [5.74, 6) is -0.300. The van der Waals surface area contributed by atoms with Crippen LogP contribution in [0.2, 0.25) is 0 Å². The lowest BCUT2D eigenvalue weighted by atomic mass is 9.91. The lowest BCUT2D eigenvalue weighted by molar-refractivity contribution is -0.137. The van der Waals surface area contributed by atoms with Gasteiger partial charge in [-0.1, -0.05) is 6.07 Å². The summed E-state index contributed by atoms with van der Waals surface area (Å²) >= 11 is 0. The Kier molecular flexibility index (Phi) is 10.8. The molecule has 0 aliphatic heterocycles. The Bertz CT molecular complexity index is 2560. The van der Waals surface area contributed by atoms with Gasteiger partial charge in [0.2, 0.25) is 15.9 Å². The number of nitrogens with zero attached hydrogens (tertiary/aromatic N) is 5. The number of alkyl halides is 3. The van der Waals surface area contributed by atoms with Crippen LogP contribution < -0.4 is 21.5 Å². The molecular weight excluding hydrogens is 750 g/mol. The van der Waals surface area contributed by atoms with Crippen molar-refractivity contribution >= 4 is 22.0 Å². The second-order valence-corrected chi connectivity index (χ2v) is 15.4. The van der Waals surface area contributed by atoms with E-state index in [-0.39, 0.29) is 40.3 Å². The maximum absolute atomic E-state index is 14.2. The lowest BCUT2D eigenvalue weighted by Crippen LogP contribution is -2.47. The Morgan fingerprint density at radius 3 is 2.16 bits per heavy atom. The summed E-state index contributed by atoms with van der Waals surface area (Å²) in [6.07, 6.45) is -1.43. The molecule has 2 amide bonds. The summed E-state index contributed by atoms with van der Waals surface area (Å²) in [7, 11) is -4.00. The predicted molar refractivity (Wildman–Crippen MR) is 201 cm³/mol. The van der Waals surface area contributed by atoms with E-state index in [2.05, 4.69) is 15.7 Å². The first-order valence-electron chi connectivity index (χ1n) is 17.7. The van der Waals surface area contributed by atoms with Gasteiger partial charge < -0.3 is 10.6 Å². The van der Waals surface area contributed by atoms with E-state index in [1.54, 1.807) is 44.2 Å². The van der Waals surface area contributed by atoms with E-state index in [4.69, 9.17) is 5.14 Å². The molecule has 0 bridgehead atoms. The first kappa shape index (κ1) is 39.7. The van der Waals surface area contributed by atoms with E-state index >= 15 is 0 Å². The number of aromatic nitrogens is 4. The molecule has 3 aromatic carbocycles. The number of sulfonamides is 1. The zero-order valence-electron chi connectivity index (χ0n) is 30.9. The number of carbonyl (C=O) groups is 2. The Labute approximate surface area is 320 Å². The zero-order chi connectivity index (χ0) is 40.7. The minimum atomic E-state index is -4.68. The van der Waals surface area contributed by atoms with Crippen LogP contribution in [0.25, 0.3) is 22.8 Å². The number of nitriles is 1. The predicted octanol–water partition coefficient (Wildman–Crippen LogP) is 5.49. The summed E-state index contributed by atoms with van der Waals surface area (Å²) < 4.78 is 68.9. The van der Waals surface area contributed by atoms with Crippen molar-refractivity contribution in [2.24, 2.45) is 5.14 Å². The van der Waals surface area contributed by atoms with E-state index < -0.39 is 39.5 Å². The highest BCUT2D eigenvalue weighted by molar-refractivity contribution is 7.89. The van der Waals surface area contributed by atoms with Gasteiger partial charge in [-0.25, -0.2) is 32.4 Å². The van der Waals surface area contributed by atoms with Crippen molar-refractivity contribution < 1.29 is 31.2 Å². The molecule has 1 aliphatic rings. The standard InChI is InChI=1S/C39H39F3N8O5S/c1-22-23(2)27(18-34(24(22)3)56(44,54)55)19-35(51)46-29-10-12-30(13-11-29)47-37(52)49-36(33-16-17-45-50(33)31-14-8-26(21-43)9-15-31)25(4)48(38(49)53)32-7-5-6-28(20-32)39(40,41)42/h5-9,14-18,20,29-30H,10-13,19H2,1-4H3,(H,46,51)(H,47,52)(H2,44,54,55). The summed E-state index contributed by atoms with van der Waals surface area (Å²) in [6.45, 7) is 6.79. The van der Waals surface area contributed by atoms with Crippen molar-refractivity contribution in [2.45, 2.75) is 83.0 Å². The molecule has 1 saturated carbocycles. The highest BCUT2D eigenvalue weighted by Gasteiger charge is 2.33. The van der Waals surface area contributed by atoms with Gasteiger partial charge in [0.1, 0.15) is 5.69 Å². The molecule has 6 rings (SSSR count). The van der Waals surface area contributed by atoms with Crippen LogP contribution in [0, 0.1) is 39.0 Å². The molecule has 13 nitrogen and oxygen atoms in total. The fourth-order valence-corrected chi connectivity index (χ4v) is 8.11. The van der Waals surface area contributed by atoms with Crippen LogP contribution in [0.5, 0.6) is 0 Å². The molecule has 0 unspecified atom stereocenters. The van der Waals surface area contributed by atoms with Gasteiger partial charge in [0.25, 0.3) is 0 Å². The number of halogens is 3. The molecule has 1 aliphatic carbocycles. The number of imidazole rings is 1. The molecule has 56 heavy (non-hydrogen) atoms. The molecular formula is C39H39F3N8O5S. The average Bonchev–Trinajstić information content (AvgIpc) is 3.73. The smallest absolute Gasteiger partial charge is 0.353 e. The maximum atomic E-state index is 14.2. The largest absolute Gasteiger partial charge is 0.416 e. The van der Waals surface area contributed by atoms with E-state index in [9.17, 15) is 41.2 Å². The zero-order valence-corrected chi connectivity index (χ0v) is 31.8. The molecule has 0 atom stereocenters. The highest BCUT2D eigenvalue weighted by Crippen LogP contribution is 2.32. The minimum absolute atomic E-state index is 0.0269. The molecule has 2 aromatic heterocycles. The number of hydrogen-bond acceptors (Lipinski definition) is 7. The highest BCUT2D eigenvalue weighted by atomic mass is 32.2.